The van der Waals surface area contributed by atoms with Crippen LogP contribution in [-0.2, 0) is 0 Å². The van der Waals surface area contributed by atoms with Gasteiger partial charge in [-0.05, 0) is 25.0 Å². The summed E-state index contributed by atoms with van der Waals surface area (Å²) in [5, 5.41) is 3.42. The van der Waals surface area contributed by atoms with Crippen molar-refractivity contribution in [2.24, 2.45) is 0 Å². The maximum Gasteiger partial charge on any atom is 0.251 e. The number of hydrogen-bond acceptors (Lipinski definition) is 3. The molecule has 1 aliphatic carbocycles. The second-order valence-electron chi connectivity index (χ2n) is 4.32. The molecule has 2 unspecified atom stereocenters. The van der Waals surface area contributed by atoms with E-state index in [1.54, 1.807) is 0 Å². The third-order valence-corrected chi connectivity index (χ3v) is 4.25. The summed E-state index contributed by atoms with van der Waals surface area (Å²) in [5.41, 5.74) is 0. The molecule has 2 atom stereocenters. The molecule has 2 rings (SSSR count). The van der Waals surface area contributed by atoms with Crippen LogP contribution in [0, 0.1) is 17.6 Å². The topological polar surface area (TPSA) is 24.9 Å². The van der Waals surface area contributed by atoms with Gasteiger partial charge in [0.25, 0.3) is 5.95 Å². The highest BCUT2D eigenvalue weighted by molar-refractivity contribution is 7.99. The Hall–Kier alpha value is -0.910. The Morgan fingerprint density at radius 3 is 2.83 bits per heavy atom. The zero-order valence-corrected chi connectivity index (χ0v) is 10.9. The number of nitrogens with one attached hydrogen (secondary N) is 1. The van der Waals surface area contributed by atoms with Crippen molar-refractivity contribution in [3.8, 4) is 0 Å². The summed E-state index contributed by atoms with van der Waals surface area (Å²) in [6.45, 7) is 2.10. The lowest BCUT2D eigenvalue weighted by Crippen LogP contribution is -2.18. The largest absolute Gasteiger partial charge is 0.365 e. The van der Waals surface area contributed by atoms with Gasteiger partial charge in [-0.3, -0.25) is 0 Å². The lowest BCUT2D eigenvalue weighted by molar-refractivity contribution is 0.465. The van der Waals surface area contributed by atoms with Gasteiger partial charge in [-0.2, -0.15) is 21.1 Å². The fourth-order valence-corrected chi connectivity index (χ4v) is 3.34. The summed E-state index contributed by atoms with van der Waals surface area (Å²) in [5.74, 6) is -2.52. The minimum atomic E-state index is -1.27. The van der Waals surface area contributed by atoms with Crippen LogP contribution < -0.4 is 5.32 Å². The van der Waals surface area contributed by atoms with Crippen molar-refractivity contribution in [3.05, 3.63) is 23.6 Å². The fraction of sp³-hybridized carbons (Fsp3) is 0.583. The normalized spacial score (nSPS) is 23.3. The van der Waals surface area contributed by atoms with E-state index >= 15 is 0 Å². The summed E-state index contributed by atoms with van der Waals surface area (Å²) < 4.78 is 39.1. The average molecular weight is 276 g/mol. The molecule has 6 heteroatoms. The first-order chi connectivity index (χ1) is 8.60. The predicted molar refractivity (Wildman–Crippen MR) is 67.3 cm³/mol. The van der Waals surface area contributed by atoms with Crippen molar-refractivity contribution in [2.75, 3.05) is 11.1 Å². The number of thioether (sulfide) groups is 1. The van der Waals surface area contributed by atoms with Gasteiger partial charge in [0.05, 0.1) is 0 Å². The third kappa shape index (κ3) is 3.10. The number of anilines is 1. The van der Waals surface area contributed by atoms with Gasteiger partial charge in [0, 0.05) is 17.4 Å². The molecule has 0 aliphatic heterocycles. The van der Waals surface area contributed by atoms with Crippen molar-refractivity contribution >= 4 is 17.6 Å². The van der Waals surface area contributed by atoms with E-state index in [0.29, 0.717) is 11.3 Å². The second-order valence-corrected chi connectivity index (χ2v) is 5.90. The van der Waals surface area contributed by atoms with Crippen LogP contribution in [0.25, 0.3) is 0 Å². The smallest absolute Gasteiger partial charge is 0.251 e. The van der Waals surface area contributed by atoms with Gasteiger partial charge in [-0.1, -0.05) is 6.92 Å². The predicted octanol–water partition coefficient (Wildman–Crippen LogP) is 3.59. The van der Waals surface area contributed by atoms with Gasteiger partial charge in [-0.15, -0.1) is 0 Å². The van der Waals surface area contributed by atoms with Crippen molar-refractivity contribution in [3.63, 3.8) is 0 Å². The average Bonchev–Trinajstić information content (AvgIpc) is 2.74. The summed E-state index contributed by atoms with van der Waals surface area (Å²) >= 11 is 1.87. The molecule has 0 saturated heterocycles. The number of hydrogen-bond donors (Lipinski definition) is 1. The molecule has 1 heterocycles. The maximum absolute atomic E-state index is 13.4. The van der Waals surface area contributed by atoms with E-state index in [0.717, 1.165) is 25.0 Å². The third-order valence-electron chi connectivity index (χ3n) is 3.01. The molecule has 18 heavy (non-hydrogen) atoms. The first-order valence-electron chi connectivity index (χ1n) is 5.99. The minimum Gasteiger partial charge on any atom is -0.365 e. The van der Waals surface area contributed by atoms with Crippen LogP contribution in [-0.4, -0.2) is 22.0 Å². The Morgan fingerprint density at radius 2 is 2.11 bits per heavy atom. The van der Waals surface area contributed by atoms with Crippen LogP contribution >= 0.6 is 11.8 Å². The zero-order chi connectivity index (χ0) is 13.1. The molecule has 0 aromatic carbocycles. The maximum atomic E-state index is 13.4. The molecule has 1 aromatic rings. The quantitative estimate of drug-likeness (QED) is 0.851. The van der Waals surface area contributed by atoms with Gasteiger partial charge in [0.1, 0.15) is 0 Å². The minimum absolute atomic E-state index is 0.0842. The highest BCUT2D eigenvalue weighted by atomic mass is 32.2. The molecular formula is C12H15F3N2S. The van der Waals surface area contributed by atoms with Crippen molar-refractivity contribution < 1.29 is 13.2 Å². The van der Waals surface area contributed by atoms with E-state index in [-0.39, 0.29) is 11.9 Å². The van der Waals surface area contributed by atoms with Crippen LogP contribution in [0.5, 0.6) is 0 Å². The molecule has 1 saturated carbocycles. The SMILES string of the molecule is CCSC1CCC(Nc2nc(F)c(F)cc2F)C1. The Morgan fingerprint density at radius 1 is 1.33 bits per heavy atom. The highest BCUT2D eigenvalue weighted by Gasteiger charge is 2.25. The Bertz CT molecular complexity index is 428. The first kappa shape index (κ1) is 13.5. The summed E-state index contributed by atoms with van der Waals surface area (Å²) in [6.07, 6.45) is 2.86. The second kappa shape index (κ2) is 5.82. The Labute approximate surface area is 108 Å². The van der Waals surface area contributed by atoms with Crippen molar-refractivity contribution in [1.29, 1.82) is 0 Å². The van der Waals surface area contributed by atoms with Gasteiger partial charge >= 0.3 is 0 Å². The van der Waals surface area contributed by atoms with Crippen LogP contribution in [0.2, 0.25) is 0 Å². The number of aromatic nitrogens is 1. The van der Waals surface area contributed by atoms with Crippen LogP contribution in [0.3, 0.4) is 0 Å². The molecule has 1 aliphatic rings. The van der Waals surface area contributed by atoms with Crippen LogP contribution in [0.4, 0.5) is 19.0 Å². The van der Waals surface area contributed by atoms with Crippen molar-refractivity contribution in [2.45, 2.75) is 37.5 Å². The van der Waals surface area contributed by atoms with E-state index < -0.39 is 17.6 Å². The van der Waals surface area contributed by atoms with Gasteiger partial charge in [-0.25, -0.2) is 8.78 Å². The van der Waals surface area contributed by atoms with Gasteiger partial charge in [0.15, 0.2) is 17.5 Å². The van der Waals surface area contributed by atoms with Crippen molar-refractivity contribution in [1.82, 2.24) is 4.98 Å². The molecule has 0 amide bonds. The number of rotatable bonds is 4. The number of halogens is 3. The fourth-order valence-electron chi connectivity index (χ4n) is 2.20. The number of nitrogens with zero attached hydrogens (tertiary/aromatic N) is 1. The summed E-state index contributed by atoms with van der Waals surface area (Å²) in [4.78, 5) is 3.27. The zero-order valence-electron chi connectivity index (χ0n) is 10.0. The highest BCUT2D eigenvalue weighted by Crippen LogP contribution is 2.31. The number of pyridine rings is 1. The molecular weight excluding hydrogens is 261 g/mol. The molecule has 1 N–H and O–H groups in total. The van der Waals surface area contributed by atoms with E-state index in [1.807, 2.05) is 11.8 Å². The molecule has 2 nitrogen and oxygen atoms in total. The van der Waals surface area contributed by atoms with Crippen LogP contribution in [0.15, 0.2) is 6.07 Å². The Kier molecular flexibility index (Phi) is 4.37. The molecule has 1 aromatic heterocycles. The first-order valence-corrected chi connectivity index (χ1v) is 7.04. The van der Waals surface area contributed by atoms with E-state index in [2.05, 4.69) is 17.2 Å². The molecule has 100 valence electrons. The van der Waals surface area contributed by atoms with E-state index in [1.165, 1.54) is 0 Å². The van der Waals surface area contributed by atoms with Gasteiger partial charge < -0.3 is 5.32 Å². The molecule has 0 spiro atoms. The summed E-state index contributed by atoms with van der Waals surface area (Å²) in [6, 6.07) is 0.610. The lowest BCUT2D eigenvalue weighted by atomic mass is 10.2. The molecule has 0 radical (unpaired) electrons. The van der Waals surface area contributed by atoms with Crippen LogP contribution in [0.1, 0.15) is 26.2 Å². The molecule has 1 fully saturated rings. The standard InChI is InChI=1S/C12H15F3N2S/c1-2-18-8-4-3-7(5-8)16-12-10(14)6-9(13)11(15)17-12/h6-8H,2-5H2,1H3,(H,16,17). The summed E-state index contributed by atoms with van der Waals surface area (Å²) in [7, 11) is 0. The van der Waals surface area contributed by atoms with E-state index in [9.17, 15) is 13.2 Å². The monoisotopic (exact) mass is 276 g/mol. The van der Waals surface area contributed by atoms with E-state index in [4.69, 9.17) is 0 Å². The van der Waals surface area contributed by atoms with Gasteiger partial charge in [0.2, 0.25) is 0 Å². The molecule has 0 bridgehead atoms. The lowest BCUT2D eigenvalue weighted by Gasteiger charge is -2.14. The Balaban J connectivity index is 2.00.